The van der Waals surface area contributed by atoms with E-state index in [0.29, 0.717) is 47.5 Å². The maximum Gasteiger partial charge on any atom is 0.253 e. The van der Waals surface area contributed by atoms with E-state index in [2.05, 4.69) is 48.8 Å². The SMILES string of the molecule is C=CCn1c(Cc2ccccc2)nnc1SCc1nnc(-c2c(-c3ccccc3)noc2C)o1. The van der Waals surface area contributed by atoms with Crippen molar-refractivity contribution in [3.05, 3.63) is 96.4 Å². The van der Waals surface area contributed by atoms with E-state index in [-0.39, 0.29) is 0 Å². The Morgan fingerprint density at radius 1 is 0.971 bits per heavy atom. The number of thioether (sulfide) groups is 1. The molecule has 0 radical (unpaired) electrons. The van der Waals surface area contributed by atoms with Crippen LogP contribution >= 0.6 is 11.8 Å². The molecule has 0 spiro atoms. The van der Waals surface area contributed by atoms with Crippen LogP contribution in [0.2, 0.25) is 0 Å². The summed E-state index contributed by atoms with van der Waals surface area (Å²) < 4.78 is 13.5. The highest BCUT2D eigenvalue weighted by Gasteiger charge is 2.22. The van der Waals surface area contributed by atoms with Crippen molar-refractivity contribution in [3.8, 4) is 22.7 Å². The van der Waals surface area contributed by atoms with E-state index in [9.17, 15) is 0 Å². The van der Waals surface area contributed by atoms with Gasteiger partial charge in [-0.15, -0.1) is 27.0 Å². The van der Waals surface area contributed by atoms with Crippen LogP contribution < -0.4 is 0 Å². The topological polar surface area (TPSA) is 95.7 Å². The fourth-order valence-electron chi connectivity index (χ4n) is 3.60. The van der Waals surface area contributed by atoms with Crippen LogP contribution in [0.15, 0.2) is 87.4 Å². The standard InChI is InChI=1S/C25H22N6O2S/c1-3-14-31-20(15-18-10-6-4-7-11-18)26-29-25(31)34-16-21-27-28-24(32-21)22-17(2)33-30-23(22)19-12-8-5-9-13-19/h3-13H,1,14-16H2,2H3. The summed E-state index contributed by atoms with van der Waals surface area (Å²) in [4.78, 5) is 0. The van der Waals surface area contributed by atoms with E-state index in [0.717, 1.165) is 16.5 Å². The number of hydrogen-bond donors (Lipinski definition) is 0. The minimum Gasteiger partial charge on any atom is -0.420 e. The van der Waals surface area contributed by atoms with Crippen molar-refractivity contribution in [2.75, 3.05) is 0 Å². The smallest absolute Gasteiger partial charge is 0.253 e. The van der Waals surface area contributed by atoms with E-state index in [4.69, 9.17) is 8.94 Å². The minimum absolute atomic E-state index is 0.380. The molecule has 2 aromatic carbocycles. The van der Waals surface area contributed by atoms with Gasteiger partial charge < -0.3 is 13.5 Å². The molecule has 34 heavy (non-hydrogen) atoms. The van der Waals surface area contributed by atoms with E-state index in [1.165, 1.54) is 17.3 Å². The maximum atomic E-state index is 5.97. The van der Waals surface area contributed by atoms with Crippen LogP contribution in [0.5, 0.6) is 0 Å². The van der Waals surface area contributed by atoms with Crippen LogP contribution in [0.4, 0.5) is 0 Å². The molecule has 0 atom stereocenters. The second kappa shape index (κ2) is 9.88. The lowest BCUT2D eigenvalue weighted by atomic mass is 10.1. The van der Waals surface area contributed by atoms with Crippen molar-refractivity contribution in [3.63, 3.8) is 0 Å². The Labute approximate surface area is 200 Å². The molecule has 3 aromatic heterocycles. The number of hydrogen-bond acceptors (Lipinski definition) is 8. The van der Waals surface area contributed by atoms with Crippen LogP contribution in [-0.2, 0) is 18.7 Å². The van der Waals surface area contributed by atoms with E-state index >= 15 is 0 Å². The minimum atomic E-state index is 0.380. The van der Waals surface area contributed by atoms with Gasteiger partial charge in [0.2, 0.25) is 5.89 Å². The van der Waals surface area contributed by atoms with Crippen LogP contribution in [-0.4, -0.2) is 30.1 Å². The van der Waals surface area contributed by atoms with Crippen LogP contribution in [0, 0.1) is 6.92 Å². The Hall–Kier alpha value is -3.98. The zero-order valence-corrected chi connectivity index (χ0v) is 19.4. The molecule has 0 bridgehead atoms. The summed E-state index contributed by atoms with van der Waals surface area (Å²) in [6.07, 6.45) is 2.54. The monoisotopic (exact) mass is 470 g/mol. The van der Waals surface area contributed by atoms with E-state index in [1.54, 1.807) is 0 Å². The average Bonchev–Trinajstić information content (AvgIpc) is 3.58. The summed E-state index contributed by atoms with van der Waals surface area (Å²) in [7, 11) is 0. The van der Waals surface area contributed by atoms with E-state index < -0.39 is 0 Å². The van der Waals surface area contributed by atoms with Gasteiger partial charge in [-0.2, -0.15) is 0 Å². The third-order valence-corrected chi connectivity index (χ3v) is 6.18. The molecule has 0 amide bonds. The summed E-state index contributed by atoms with van der Waals surface area (Å²) in [6.45, 7) is 6.33. The van der Waals surface area contributed by atoms with Crippen LogP contribution in [0.25, 0.3) is 22.7 Å². The molecule has 0 aliphatic heterocycles. The number of benzene rings is 2. The van der Waals surface area contributed by atoms with E-state index in [1.807, 2.05) is 61.5 Å². The Balaban J connectivity index is 1.34. The molecule has 0 saturated carbocycles. The first kappa shape index (κ1) is 21.8. The quantitative estimate of drug-likeness (QED) is 0.210. The lowest BCUT2D eigenvalue weighted by Gasteiger charge is -2.07. The molecule has 0 aliphatic carbocycles. The fraction of sp³-hybridized carbons (Fsp3) is 0.160. The van der Waals surface area contributed by atoms with Crippen LogP contribution in [0.3, 0.4) is 0 Å². The summed E-state index contributed by atoms with van der Waals surface area (Å²) in [5.41, 5.74) is 3.48. The third-order valence-electron chi connectivity index (χ3n) is 5.23. The van der Waals surface area contributed by atoms with Gasteiger partial charge >= 0.3 is 0 Å². The van der Waals surface area contributed by atoms with Gasteiger partial charge in [-0.05, 0) is 12.5 Å². The summed E-state index contributed by atoms with van der Waals surface area (Å²) in [5, 5.41) is 22.2. The summed E-state index contributed by atoms with van der Waals surface area (Å²) >= 11 is 1.49. The lowest BCUT2D eigenvalue weighted by Crippen LogP contribution is -2.04. The molecule has 0 N–H and O–H groups in total. The Morgan fingerprint density at radius 2 is 1.74 bits per heavy atom. The predicted octanol–water partition coefficient (Wildman–Crippen LogP) is 5.36. The second-order valence-electron chi connectivity index (χ2n) is 7.58. The number of nitrogens with zero attached hydrogens (tertiary/aromatic N) is 6. The Bertz CT molecular complexity index is 1390. The number of aromatic nitrogens is 6. The van der Waals surface area contributed by atoms with Gasteiger partial charge in [0.05, 0.1) is 5.75 Å². The molecule has 0 unspecified atom stereocenters. The first-order chi connectivity index (χ1) is 16.7. The Morgan fingerprint density at radius 3 is 2.50 bits per heavy atom. The lowest BCUT2D eigenvalue weighted by molar-refractivity contribution is 0.399. The zero-order valence-electron chi connectivity index (χ0n) is 18.6. The van der Waals surface area contributed by atoms with Crippen molar-refractivity contribution >= 4 is 11.8 Å². The predicted molar refractivity (Wildman–Crippen MR) is 129 cm³/mol. The van der Waals surface area contributed by atoms with Gasteiger partial charge in [0.25, 0.3) is 5.89 Å². The van der Waals surface area contributed by atoms with Crippen molar-refractivity contribution in [1.29, 1.82) is 0 Å². The van der Waals surface area contributed by atoms with Crippen molar-refractivity contribution in [2.24, 2.45) is 0 Å². The molecule has 8 nitrogen and oxygen atoms in total. The fourth-order valence-corrected chi connectivity index (χ4v) is 4.41. The molecule has 5 aromatic rings. The van der Waals surface area contributed by atoms with Gasteiger partial charge in [-0.1, -0.05) is 83.7 Å². The summed E-state index contributed by atoms with van der Waals surface area (Å²) in [6, 6.07) is 20.0. The van der Waals surface area contributed by atoms with Gasteiger partial charge in [0.1, 0.15) is 22.8 Å². The second-order valence-corrected chi connectivity index (χ2v) is 8.52. The molecule has 5 rings (SSSR count). The molecule has 0 aliphatic rings. The highest BCUT2D eigenvalue weighted by Crippen LogP contribution is 2.34. The van der Waals surface area contributed by atoms with Gasteiger partial charge in [0.15, 0.2) is 5.16 Å². The molecular formula is C25H22N6O2S. The number of rotatable bonds is 9. The van der Waals surface area contributed by atoms with Crippen molar-refractivity contribution in [2.45, 2.75) is 30.8 Å². The highest BCUT2D eigenvalue weighted by atomic mass is 32.2. The van der Waals surface area contributed by atoms with Crippen molar-refractivity contribution in [1.82, 2.24) is 30.1 Å². The number of allylic oxidation sites excluding steroid dienone is 1. The normalized spacial score (nSPS) is 11.1. The molecule has 0 fully saturated rings. The van der Waals surface area contributed by atoms with Gasteiger partial charge in [-0.25, -0.2) is 0 Å². The largest absolute Gasteiger partial charge is 0.420 e. The molecule has 0 saturated heterocycles. The first-order valence-electron chi connectivity index (χ1n) is 10.8. The van der Waals surface area contributed by atoms with Crippen molar-refractivity contribution < 1.29 is 8.94 Å². The maximum absolute atomic E-state index is 5.97. The van der Waals surface area contributed by atoms with Gasteiger partial charge in [0, 0.05) is 18.5 Å². The number of aryl methyl sites for hydroxylation is 1. The first-order valence-corrected chi connectivity index (χ1v) is 11.8. The molecule has 9 heteroatoms. The third kappa shape index (κ3) is 4.55. The highest BCUT2D eigenvalue weighted by molar-refractivity contribution is 7.98. The Kier molecular flexibility index (Phi) is 6.35. The molecular weight excluding hydrogens is 448 g/mol. The summed E-state index contributed by atoms with van der Waals surface area (Å²) in [5.74, 6) is 2.83. The van der Waals surface area contributed by atoms with Gasteiger partial charge in [-0.3, -0.25) is 0 Å². The average molecular weight is 471 g/mol. The molecule has 3 heterocycles. The molecule has 170 valence electrons. The van der Waals surface area contributed by atoms with Crippen LogP contribution in [0.1, 0.15) is 23.0 Å². The zero-order chi connectivity index (χ0) is 23.3.